The molecular weight excluding hydrogens is 365 g/mol. The molecule has 3 heterocycles. The highest BCUT2D eigenvalue weighted by Gasteiger charge is 2.14. The van der Waals surface area contributed by atoms with Crippen molar-refractivity contribution in [2.24, 2.45) is 0 Å². The molecule has 0 aliphatic rings. The Morgan fingerprint density at radius 1 is 1.07 bits per heavy atom. The molecule has 3 aromatic heterocycles. The zero-order valence-electron chi connectivity index (χ0n) is 14.2. The third kappa shape index (κ3) is 2.65. The van der Waals surface area contributed by atoms with Gasteiger partial charge in [-0.3, -0.25) is 0 Å². The topological polar surface area (TPSA) is 56.2 Å². The highest BCUT2D eigenvalue weighted by atomic mass is 32.1. The number of thiazole rings is 1. The maximum atomic E-state index is 13.1. The van der Waals surface area contributed by atoms with Gasteiger partial charge in [0.05, 0.1) is 17.5 Å². The normalized spacial score (nSPS) is 11.5. The van der Waals surface area contributed by atoms with Crippen LogP contribution in [0.1, 0.15) is 5.56 Å². The smallest absolute Gasteiger partial charge is 0.345 e. The van der Waals surface area contributed by atoms with Crippen LogP contribution in [0, 0.1) is 12.7 Å². The minimum absolute atomic E-state index is 0.299. The Bertz CT molecular complexity index is 1360. The van der Waals surface area contributed by atoms with Crippen molar-refractivity contribution in [3.05, 3.63) is 75.9 Å². The van der Waals surface area contributed by atoms with Crippen molar-refractivity contribution in [1.29, 1.82) is 0 Å². The van der Waals surface area contributed by atoms with E-state index in [1.165, 1.54) is 23.5 Å². The van der Waals surface area contributed by atoms with Gasteiger partial charge in [0.2, 0.25) is 0 Å². The molecule has 0 amide bonds. The lowest BCUT2D eigenvalue weighted by Crippen LogP contribution is -2.02. The summed E-state index contributed by atoms with van der Waals surface area (Å²) < 4.78 is 24.1. The summed E-state index contributed by atoms with van der Waals surface area (Å²) in [7, 11) is 0. The van der Waals surface area contributed by atoms with Gasteiger partial charge in [0.25, 0.3) is 0 Å². The van der Waals surface area contributed by atoms with Gasteiger partial charge in [0.15, 0.2) is 0 Å². The summed E-state index contributed by atoms with van der Waals surface area (Å²) in [6, 6.07) is 11.6. The Hall–Kier alpha value is -3.25. The van der Waals surface area contributed by atoms with Crippen molar-refractivity contribution in [3.63, 3.8) is 0 Å². The second-order valence-corrected chi connectivity index (χ2v) is 7.16. The number of halogens is 1. The minimum atomic E-state index is -0.457. The van der Waals surface area contributed by atoms with Crippen molar-refractivity contribution in [2.75, 3.05) is 0 Å². The summed E-state index contributed by atoms with van der Waals surface area (Å²) in [5.74, 6) is -0.299. The number of hydrogen-bond donors (Lipinski definition) is 0. The monoisotopic (exact) mass is 377 g/mol. The van der Waals surface area contributed by atoms with Crippen LogP contribution in [-0.4, -0.2) is 4.98 Å². The first-order valence-corrected chi connectivity index (χ1v) is 9.14. The number of aryl methyl sites for hydroxylation is 1. The maximum absolute atomic E-state index is 13.1. The van der Waals surface area contributed by atoms with Crippen LogP contribution < -0.4 is 5.63 Å². The lowest BCUT2D eigenvalue weighted by Gasteiger charge is -2.01. The molecular formula is C21H12FNO3S. The molecule has 0 N–H and O–H groups in total. The van der Waals surface area contributed by atoms with Gasteiger partial charge in [-0.1, -0.05) is 0 Å². The van der Waals surface area contributed by atoms with Crippen LogP contribution in [0.3, 0.4) is 0 Å². The second kappa shape index (κ2) is 5.89. The van der Waals surface area contributed by atoms with Gasteiger partial charge in [-0.15, -0.1) is 11.3 Å². The number of hydrogen-bond acceptors (Lipinski definition) is 5. The van der Waals surface area contributed by atoms with Gasteiger partial charge in [0, 0.05) is 27.8 Å². The first-order valence-electron chi connectivity index (χ1n) is 8.26. The van der Waals surface area contributed by atoms with Gasteiger partial charge in [-0.05, 0) is 48.9 Å². The number of furan rings is 1. The number of benzene rings is 2. The first-order chi connectivity index (χ1) is 13.1. The SMILES string of the molecule is Cc1coc2cc3oc(=O)c(-c4csc(-c5ccc(F)cc5)n4)cc3cc12. The predicted octanol–water partition coefficient (Wildman–Crippen LogP) is 5.78. The van der Waals surface area contributed by atoms with Crippen molar-refractivity contribution >= 4 is 33.3 Å². The molecule has 0 aliphatic heterocycles. The van der Waals surface area contributed by atoms with E-state index in [9.17, 15) is 9.18 Å². The summed E-state index contributed by atoms with van der Waals surface area (Å²) in [5.41, 5.74) is 3.45. The largest absolute Gasteiger partial charge is 0.464 e. The fraction of sp³-hybridized carbons (Fsp3) is 0.0476. The fourth-order valence-corrected chi connectivity index (χ4v) is 3.90. The molecule has 4 nitrogen and oxygen atoms in total. The van der Waals surface area contributed by atoms with Crippen LogP contribution >= 0.6 is 11.3 Å². The summed E-state index contributed by atoms with van der Waals surface area (Å²) in [6.45, 7) is 1.97. The van der Waals surface area contributed by atoms with Crippen molar-refractivity contribution in [2.45, 2.75) is 6.92 Å². The molecule has 6 heteroatoms. The van der Waals surface area contributed by atoms with E-state index in [-0.39, 0.29) is 5.82 Å². The Morgan fingerprint density at radius 2 is 1.89 bits per heavy atom. The number of aromatic nitrogens is 1. The standard InChI is InChI=1S/C21H12FNO3S/c1-11-9-25-19-8-18-13(6-15(11)19)7-16(21(24)26-18)17-10-27-20(23-17)12-2-4-14(22)5-3-12/h2-10H,1H3. The minimum Gasteiger partial charge on any atom is -0.464 e. The number of nitrogens with zero attached hydrogens (tertiary/aromatic N) is 1. The third-order valence-corrected chi connectivity index (χ3v) is 5.38. The lowest BCUT2D eigenvalue weighted by molar-refractivity contribution is 0.561. The highest BCUT2D eigenvalue weighted by molar-refractivity contribution is 7.13. The average Bonchev–Trinajstić information content (AvgIpc) is 3.28. The molecule has 2 aromatic carbocycles. The Balaban J connectivity index is 1.65. The van der Waals surface area contributed by atoms with Gasteiger partial charge in [-0.25, -0.2) is 14.2 Å². The zero-order valence-corrected chi connectivity index (χ0v) is 15.0. The van der Waals surface area contributed by atoms with E-state index in [1.807, 2.05) is 13.0 Å². The Morgan fingerprint density at radius 3 is 2.70 bits per heavy atom. The van der Waals surface area contributed by atoms with Crippen LogP contribution in [0.2, 0.25) is 0 Å². The van der Waals surface area contributed by atoms with Gasteiger partial charge in [-0.2, -0.15) is 0 Å². The van der Waals surface area contributed by atoms with E-state index in [0.29, 0.717) is 27.4 Å². The maximum Gasteiger partial charge on any atom is 0.345 e. The average molecular weight is 377 g/mol. The van der Waals surface area contributed by atoms with E-state index in [1.54, 1.807) is 35.9 Å². The Labute approximate surface area is 156 Å². The van der Waals surface area contributed by atoms with Gasteiger partial charge >= 0.3 is 5.63 Å². The molecule has 132 valence electrons. The fourth-order valence-electron chi connectivity index (χ4n) is 3.07. The summed E-state index contributed by atoms with van der Waals surface area (Å²) >= 11 is 1.39. The van der Waals surface area contributed by atoms with Gasteiger partial charge in [0.1, 0.15) is 22.0 Å². The number of rotatable bonds is 2. The molecule has 0 aliphatic carbocycles. The van der Waals surface area contributed by atoms with E-state index in [2.05, 4.69) is 4.98 Å². The zero-order chi connectivity index (χ0) is 18.5. The molecule has 0 unspecified atom stereocenters. The molecule has 0 saturated carbocycles. The highest BCUT2D eigenvalue weighted by Crippen LogP contribution is 2.31. The molecule has 0 radical (unpaired) electrons. The van der Waals surface area contributed by atoms with Gasteiger partial charge < -0.3 is 8.83 Å². The summed E-state index contributed by atoms with van der Waals surface area (Å²) in [4.78, 5) is 17.0. The van der Waals surface area contributed by atoms with Crippen molar-refractivity contribution in [3.8, 4) is 21.8 Å². The van der Waals surface area contributed by atoms with Crippen molar-refractivity contribution in [1.82, 2.24) is 4.98 Å². The van der Waals surface area contributed by atoms with Crippen LogP contribution in [0.15, 0.2) is 67.7 Å². The molecule has 5 rings (SSSR count). The predicted molar refractivity (Wildman–Crippen MR) is 103 cm³/mol. The molecule has 0 saturated heterocycles. The van der Waals surface area contributed by atoms with Crippen LogP contribution in [0.5, 0.6) is 0 Å². The first kappa shape index (κ1) is 16.0. The van der Waals surface area contributed by atoms with Crippen LogP contribution in [-0.2, 0) is 0 Å². The third-order valence-electron chi connectivity index (χ3n) is 4.49. The van der Waals surface area contributed by atoms with Crippen molar-refractivity contribution < 1.29 is 13.2 Å². The van der Waals surface area contributed by atoms with E-state index in [0.717, 1.165) is 21.9 Å². The molecule has 0 bridgehead atoms. The molecule has 0 spiro atoms. The second-order valence-electron chi connectivity index (χ2n) is 6.30. The summed E-state index contributed by atoms with van der Waals surface area (Å²) in [5, 5.41) is 4.30. The summed E-state index contributed by atoms with van der Waals surface area (Å²) in [6.07, 6.45) is 1.68. The van der Waals surface area contributed by atoms with Crippen LogP contribution in [0.25, 0.3) is 43.8 Å². The van der Waals surface area contributed by atoms with Crippen LogP contribution in [0.4, 0.5) is 4.39 Å². The Kier molecular flexibility index (Phi) is 3.48. The van der Waals surface area contributed by atoms with E-state index < -0.39 is 5.63 Å². The van der Waals surface area contributed by atoms with E-state index >= 15 is 0 Å². The quantitative estimate of drug-likeness (QED) is 0.366. The molecule has 0 fully saturated rings. The number of fused-ring (bicyclic) bond motifs is 2. The molecule has 5 aromatic rings. The molecule has 27 heavy (non-hydrogen) atoms. The lowest BCUT2D eigenvalue weighted by atomic mass is 10.1. The molecule has 0 atom stereocenters. The van der Waals surface area contributed by atoms with E-state index in [4.69, 9.17) is 8.83 Å².